The average Bonchev–Trinajstić information content (AvgIpc) is 2.23. The molecule has 0 rings (SSSR count). The van der Waals surface area contributed by atoms with Gasteiger partial charge in [-0.15, -0.1) is 0 Å². The molecule has 0 atom stereocenters. The van der Waals surface area contributed by atoms with E-state index in [1.807, 2.05) is 34.6 Å². The molecule has 18 heavy (non-hydrogen) atoms. The van der Waals surface area contributed by atoms with E-state index < -0.39 is 0 Å². The Morgan fingerprint density at radius 2 is 1.67 bits per heavy atom. The van der Waals surface area contributed by atoms with Crippen LogP contribution in [-0.4, -0.2) is 42.4 Å². The lowest BCUT2D eigenvalue weighted by molar-refractivity contribution is -0.164. The Balaban J connectivity index is 4.87. The van der Waals surface area contributed by atoms with E-state index in [9.17, 15) is 4.79 Å². The molecule has 0 saturated carbocycles. The second-order valence-electron chi connectivity index (χ2n) is 5.21. The molecular weight excluding hydrogens is 230 g/mol. The maximum atomic E-state index is 12.1. The van der Waals surface area contributed by atoms with Gasteiger partial charge in [0, 0.05) is 24.3 Å². The van der Waals surface area contributed by atoms with Gasteiger partial charge in [-0.05, 0) is 41.5 Å². The summed E-state index contributed by atoms with van der Waals surface area (Å²) in [7, 11) is 0. The molecule has 4 nitrogen and oxygen atoms in total. The third kappa shape index (κ3) is 5.65. The first-order valence-electron chi connectivity index (χ1n) is 6.44. The summed E-state index contributed by atoms with van der Waals surface area (Å²) in [6, 6.07) is 0. The van der Waals surface area contributed by atoms with Crippen LogP contribution in [0.1, 0.15) is 41.5 Å². The molecule has 0 spiro atoms. The lowest BCUT2D eigenvalue weighted by Gasteiger charge is -2.38. The minimum Gasteiger partial charge on any atom is -0.351 e. The lowest BCUT2D eigenvalue weighted by atomic mass is 10.0. The zero-order valence-electron chi connectivity index (χ0n) is 12.6. The Kier molecular flexibility index (Phi) is 7.18. The van der Waals surface area contributed by atoms with Gasteiger partial charge in [-0.25, -0.2) is 0 Å². The SMILES string of the molecule is C=C(C)C(=O)N(CC(OCC)OCC)C(C)(C)C. The van der Waals surface area contributed by atoms with Gasteiger partial charge in [0.25, 0.3) is 0 Å². The number of nitrogens with zero attached hydrogens (tertiary/aromatic N) is 1. The van der Waals surface area contributed by atoms with Crippen molar-refractivity contribution in [2.24, 2.45) is 0 Å². The molecule has 0 heterocycles. The number of hydrogen-bond donors (Lipinski definition) is 0. The van der Waals surface area contributed by atoms with Gasteiger partial charge in [-0.3, -0.25) is 4.79 Å². The largest absolute Gasteiger partial charge is 0.351 e. The molecule has 0 aromatic heterocycles. The zero-order valence-corrected chi connectivity index (χ0v) is 12.6. The first-order chi connectivity index (χ1) is 8.23. The predicted molar refractivity (Wildman–Crippen MR) is 73.3 cm³/mol. The molecule has 0 N–H and O–H groups in total. The molecule has 0 fully saturated rings. The fourth-order valence-corrected chi connectivity index (χ4v) is 1.57. The topological polar surface area (TPSA) is 38.8 Å². The van der Waals surface area contributed by atoms with E-state index in [2.05, 4.69) is 6.58 Å². The normalized spacial score (nSPS) is 11.7. The Morgan fingerprint density at radius 3 is 1.94 bits per heavy atom. The van der Waals surface area contributed by atoms with Crippen molar-refractivity contribution in [1.82, 2.24) is 4.90 Å². The third-order valence-corrected chi connectivity index (χ3v) is 2.46. The molecule has 106 valence electrons. The van der Waals surface area contributed by atoms with Gasteiger partial charge in [0.2, 0.25) is 5.91 Å². The molecule has 0 unspecified atom stereocenters. The summed E-state index contributed by atoms with van der Waals surface area (Å²) < 4.78 is 11.0. The third-order valence-electron chi connectivity index (χ3n) is 2.46. The van der Waals surface area contributed by atoms with E-state index in [4.69, 9.17) is 9.47 Å². The number of ether oxygens (including phenoxy) is 2. The summed E-state index contributed by atoms with van der Waals surface area (Å²) in [5.41, 5.74) is 0.235. The van der Waals surface area contributed by atoms with Crippen molar-refractivity contribution in [3.05, 3.63) is 12.2 Å². The number of amides is 1. The Bertz CT molecular complexity index is 275. The van der Waals surface area contributed by atoms with Gasteiger partial charge in [0.05, 0.1) is 6.54 Å². The summed E-state index contributed by atoms with van der Waals surface area (Å²) in [4.78, 5) is 13.9. The minimum absolute atomic E-state index is 0.0630. The van der Waals surface area contributed by atoms with Crippen molar-refractivity contribution in [3.63, 3.8) is 0 Å². The van der Waals surface area contributed by atoms with E-state index in [1.165, 1.54) is 0 Å². The molecule has 0 aromatic carbocycles. The first-order valence-corrected chi connectivity index (χ1v) is 6.44. The van der Waals surface area contributed by atoms with Gasteiger partial charge in [0.15, 0.2) is 6.29 Å². The van der Waals surface area contributed by atoms with Crippen molar-refractivity contribution < 1.29 is 14.3 Å². The molecule has 1 amide bonds. The van der Waals surface area contributed by atoms with Crippen molar-refractivity contribution >= 4 is 5.91 Å². The summed E-state index contributed by atoms with van der Waals surface area (Å²) >= 11 is 0. The Morgan fingerprint density at radius 1 is 1.22 bits per heavy atom. The number of rotatable bonds is 7. The smallest absolute Gasteiger partial charge is 0.249 e. The van der Waals surface area contributed by atoms with Crippen LogP contribution in [0.2, 0.25) is 0 Å². The number of carbonyl (C=O) groups excluding carboxylic acids is 1. The average molecular weight is 257 g/mol. The highest BCUT2D eigenvalue weighted by molar-refractivity contribution is 5.92. The molecule has 0 aliphatic heterocycles. The second kappa shape index (κ2) is 7.54. The van der Waals surface area contributed by atoms with E-state index in [0.717, 1.165) is 0 Å². The van der Waals surface area contributed by atoms with Crippen LogP contribution < -0.4 is 0 Å². The zero-order chi connectivity index (χ0) is 14.3. The Labute approximate surface area is 111 Å². The quantitative estimate of drug-likeness (QED) is 0.520. The van der Waals surface area contributed by atoms with Crippen LogP contribution in [0, 0.1) is 0 Å². The van der Waals surface area contributed by atoms with Crippen molar-refractivity contribution in [3.8, 4) is 0 Å². The highest BCUT2D eigenvalue weighted by atomic mass is 16.7. The summed E-state index contributed by atoms with van der Waals surface area (Å²) in [6.45, 7) is 16.8. The van der Waals surface area contributed by atoms with E-state index in [1.54, 1.807) is 11.8 Å². The molecule has 0 radical (unpaired) electrons. The molecule has 0 aliphatic carbocycles. The lowest BCUT2D eigenvalue weighted by Crippen LogP contribution is -2.50. The predicted octanol–water partition coefficient (Wildman–Crippen LogP) is 2.59. The van der Waals surface area contributed by atoms with Crippen molar-refractivity contribution in [1.29, 1.82) is 0 Å². The van der Waals surface area contributed by atoms with Crippen LogP contribution in [0.25, 0.3) is 0 Å². The standard InChI is InChI=1S/C14H27NO3/c1-8-17-12(18-9-2)10-15(14(5,6)7)13(16)11(3)4/h12H,3,8-10H2,1-2,4-7H3. The summed E-state index contributed by atoms with van der Waals surface area (Å²) in [5.74, 6) is -0.0630. The summed E-state index contributed by atoms with van der Waals surface area (Å²) in [5, 5.41) is 0. The molecule has 0 aromatic rings. The Hall–Kier alpha value is -0.870. The van der Waals surface area contributed by atoms with Crippen molar-refractivity contribution in [2.45, 2.75) is 53.4 Å². The molecule has 0 saturated heterocycles. The van der Waals surface area contributed by atoms with Gasteiger partial charge in [-0.2, -0.15) is 0 Å². The van der Waals surface area contributed by atoms with E-state index in [-0.39, 0.29) is 17.7 Å². The maximum absolute atomic E-state index is 12.1. The van der Waals surface area contributed by atoms with Crippen LogP contribution in [0.5, 0.6) is 0 Å². The molecular formula is C14H27NO3. The van der Waals surface area contributed by atoms with Crippen LogP contribution >= 0.6 is 0 Å². The van der Waals surface area contributed by atoms with Gasteiger partial charge >= 0.3 is 0 Å². The van der Waals surface area contributed by atoms with Crippen LogP contribution in [-0.2, 0) is 14.3 Å². The second-order valence-corrected chi connectivity index (χ2v) is 5.21. The minimum atomic E-state index is -0.387. The van der Waals surface area contributed by atoms with E-state index in [0.29, 0.717) is 25.3 Å². The van der Waals surface area contributed by atoms with Crippen LogP contribution in [0.3, 0.4) is 0 Å². The monoisotopic (exact) mass is 257 g/mol. The summed E-state index contributed by atoms with van der Waals surface area (Å²) in [6.07, 6.45) is -0.387. The molecule has 0 bridgehead atoms. The van der Waals surface area contributed by atoms with Gasteiger partial charge in [-0.1, -0.05) is 6.58 Å². The fourth-order valence-electron chi connectivity index (χ4n) is 1.57. The van der Waals surface area contributed by atoms with Gasteiger partial charge < -0.3 is 14.4 Å². The maximum Gasteiger partial charge on any atom is 0.249 e. The number of hydrogen-bond acceptors (Lipinski definition) is 3. The highest BCUT2D eigenvalue weighted by Gasteiger charge is 2.29. The number of carbonyl (C=O) groups is 1. The van der Waals surface area contributed by atoms with Crippen LogP contribution in [0.15, 0.2) is 12.2 Å². The fraction of sp³-hybridized carbons (Fsp3) is 0.786. The molecule has 0 aliphatic rings. The van der Waals surface area contributed by atoms with E-state index >= 15 is 0 Å². The first kappa shape index (κ1) is 17.1. The molecule has 4 heteroatoms. The van der Waals surface area contributed by atoms with Crippen LogP contribution in [0.4, 0.5) is 0 Å². The highest BCUT2D eigenvalue weighted by Crippen LogP contribution is 2.17. The van der Waals surface area contributed by atoms with Gasteiger partial charge in [0.1, 0.15) is 0 Å². The van der Waals surface area contributed by atoms with Crippen molar-refractivity contribution in [2.75, 3.05) is 19.8 Å².